The van der Waals surface area contributed by atoms with Gasteiger partial charge in [-0.2, -0.15) is 0 Å². The summed E-state index contributed by atoms with van der Waals surface area (Å²) < 4.78 is 12.5. The number of halogens is 1. The predicted molar refractivity (Wildman–Crippen MR) is 98.4 cm³/mol. The van der Waals surface area contributed by atoms with Gasteiger partial charge in [0.25, 0.3) is 0 Å². The second-order valence-electron chi connectivity index (χ2n) is 6.32. The van der Waals surface area contributed by atoms with Crippen LogP contribution in [0.2, 0.25) is 0 Å². The van der Waals surface area contributed by atoms with Crippen LogP contribution in [-0.4, -0.2) is 43.8 Å². The van der Waals surface area contributed by atoms with Crippen LogP contribution < -0.4 is 14.8 Å². The van der Waals surface area contributed by atoms with E-state index in [1.54, 1.807) is 7.11 Å². The van der Waals surface area contributed by atoms with E-state index < -0.39 is 0 Å². The fourth-order valence-electron chi connectivity index (χ4n) is 3.19. The third-order valence-corrected chi connectivity index (χ3v) is 4.73. The SMILES string of the molecule is CCN1CCC[C@@H]1CNCc1cc(Br)cc(OC)c1OC(C)C. The van der Waals surface area contributed by atoms with E-state index in [-0.39, 0.29) is 6.10 Å². The van der Waals surface area contributed by atoms with Crippen LogP contribution in [0.15, 0.2) is 16.6 Å². The lowest BCUT2D eigenvalue weighted by molar-refractivity contribution is 0.226. The van der Waals surface area contributed by atoms with Gasteiger partial charge in [-0.25, -0.2) is 0 Å². The summed E-state index contributed by atoms with van der Waals surface area (Å²) in [5.74, 6) is 1.62. The van der Waals surface area contributed by atoms with E-state index in [2.05, 4.69) is 39.1 Å². The van der Waals surface area contributed by atoms with E-state index in [1.807, 2.05) is 19.9 Å². The van der Waals surface area contributed by atoms with Gasteiger partial charge in [-0.15, -0.1) is 0 Å². The number of rotatable bonds is 8. The lowest BCUT2D eigenvalue weighted by atomic mass is 10.1. The lowest BCUT2D eigenvalue weighted by Gasteiger charge is -2.23. The molecule has 1 atom stereocenters. The molecule has 1 aromatic carbocycles. The van der Waals surface area contributed by atoms with Crippen molar-refractivity contribution in [3.05, 3.63) is 22.2 Å². The van der Waals surface area contributed by atoms with Crippen LogP contribution in [0.25, 0.3) is 0 Å². The summed E-state index contributed by atoms with van der Waals surface area (Å²) in [7, 11) is 1.68. The molecule has 1 aliphatic heterocycles. The van der Waals surface area contributed by atoms with Gasteiger partial charge in [-0.3, -0.25) is 4.90 Å². The van der Waals surface area contributed by atoms with Crippen molar-refractivity contribution in [3.8, 4) is 11.5 Å². The minimum absolute atomic E-state index is 0.120. The molecule has 130 valence electrons. The van der Waals surface area contributed by atoms with Crippen molar-refractivity contribution in [3.63, 3.8) is 0 Å². The number of likely N-dealkylation sites (N-methyl/N-ethyl adjacent to an activating group) is 1. The average molecular weight is 385 g/mol. The van der Waals surface area contributed by atoms with Crippen LogP contribution >= 0.6 is 15.9 Å². The smallest absolute Gasteiger partial charge is 0.166 e. The Morgan fingerprint density at radius 1 is 1.39 bits per heavy atom. The molecule has 0 unspecified atom stereocenters. The van der Waals surface area contributed by atoms with Crippen LogP contribution in [-0.2, 0) is 6.54 Å². The summed E-state index contributed by atoms with van der Waals surface area (Å²) in [6.07, 6.45) is 2.72. The molecule has 1 N–H and O–H groups in total. The Kier molecular flexibility index (Phi) is 7.18. The number of hydrogen-bond donors (Lipinski definition) is 1. The Balaban J connectivity index is 2.04. The van der Waals surface area contributed by atoms with Crippen LogP contribution in [0.3, 0.4) is 0 Å². The first-order valence-electron chi connectivity index (χ1n) is 8.53. The number of ether oxygens (including phenoxy) is 2. The molecule has 1 fully saturated rings. The molecular weight excluding hydrogens is 356 g/mol. The maximum absolute atomic E-state index is 5.99. The van der Waals surface area contributed by atoms with Crippen molar-refractivity contribution in [1.82, 2.24) is 10.2 Å². The highest BCUT2D eigenvalue weighted by molar-refractivity contribution is 9.10. The fraction of sp³-hybridized carbons (Fsp3) is 0.667. The molecule has 1 heterocycles. The van der Waals surface area contributed by atoms with Crippen molar-refractivity contribution in [2.45, 2.75) is 52.3 Å². The molecule has 0 bridgehead atoms. The third-order valence-electron chi connectivity index (χ3n) is 4.27. The molecule has 1 aromatic rings. The topological polar surface area (TPSA) is 33.7 Å². The Hall–Kier alpha value is -0.780. The highest BCUT2D eigenvalue weighted by Crippen LogP contribution is 2.35. The van der Waals surface area contributed by atoms with Gasteiger partial charge >= 0.3 is 0 Å². The second-order valence-corrected chi connectivity index (χ2v) is 7.23. The standard InChI is InChI=1S/C18H29BrN2O2/c1-5-21-8-6-7-16(21)12-20-11-14-9-15(19)10-17(22-4)18(14)23-13(2)3/h9-10,13,16,20H,5-8,11-12H2,1-4H3/t16-/m1/s1. The van der Waals surface area contributed by atoms with Gasteiger partial charge in [0.05, 0.1) is 13.2 Å². The molecule has 5 heteroatoms. The van der Waals surface area contributed by atoms with Crippen molar-refractivity contribution < 1.29 is 9.47 Å². The number of methoxy groups -OCH3 is 1. The van der Waals surface area contributed by atoms with Crippen molar-refractivity contribution in [2.24, 2.45) is 0 Å². The summed E-state index contributed by atoms with van der Waals surface area (Å²) in [6.45, 7) is 10.5. The van der Waals surface area contributed by atoms with Gasteiger partial charge in [0, 0.05) is 29.2 Å². The Morgan fingerprint density at radius 2 is 2.17 bits per heavy atom. The highest BCUT2D eigenvalue weighted by atomic mass is 79.9. The normalized spacial score (nSPS) is 18.6. The summed E-state index contributed by atoms with van der Waals surface area (Å²) in [4.78, 5) is 2.56. The maximum Gasteiger partial charge on any atom is 0.166 e. The van der Waals surface area contributed by atoms with E-state index in [9.17, 15) is 0 Å². The zero-order valence-corrected chi connectivity index (χ0v) is 16.3. The number of benzene rings is 1. The van der Waals surface area contributed by atoms with Crippen molar-refractivity contribution in [1.29, 1.82) is 0 Å². The van der Waals surface area contributed by atoms with Gasteiger partial charge < -0.3 is 14.8 Å². The zero-order valence-electron chi connectivity index (χ0n) is 14.7. The zero-order chi connectivity index (χ0) is 16.8. The molecule has 1 aliphatic rings. The van der Waals surface area contributed by atoms with Gasteiger partial charge in [0.1, 0.15) is 0 Å². The highest BCUT2D eigenvalue weighted by Gasteiger charge is 2.22. The molecule has 0 saturated carbocycles. The minimum atomic E-state index is 0.120. The third kappa shape index (κ3) is 5.10. The van der Waals surface area contributed by atoms with Crippen molar-refractivity contribution >= 4 is 15.9 Å². The second kappa shape index (κ2) is 8.90. The maximum atomic E-state index is 5.99. The Bertz CT molecular complexity index is 508. The average Bonchev–Trinajstić information content (AvgIpc) is 2.96. The molecule has 0 aliphatic carbocycles. The number of nitrogens with one attached hydrogen (secondary N) is 1. The molecule has 0 radical (unpaired) electrons. The molecule has 0 aromatic heterocycles. The van der Waals surface area contributed by atoms with Crippen LogP contribution in [0, 0.1) is 0 Å². The first-order chi connectivity index (χ1) is 11.0. The quantitative estimate of drug-likeness (QED) is 0.738. The predicted octanol–water partition coefficient (Wildman–Crippen LogP) is 3.82. The van der Waals surface area contributed by atoms with E-state index in [1.165, 1.54) is 19.4 Å². The van der Waals surface area contributed by atoms with Crippen LogP contribution in [0.1, 0.15) is 39.2 Å². The van der Waals surface area contributed by atoms with E-state index in [0.717, 1.165) is 41.2 Å². The summed E-state index contributed by atoms with van der Waals surface area (Å²) in [5.41, 5.74) is 1.13. The lowest BCUT2D eigenvalue weighted by Crippen LogP contribution is -2.37. The summed E-state index contributed by atoms with van der Waals surface area (Å²) >= 11 is 3.56. The Morgan fingerprint density at radius 3 is 2.83 bits per heavy atom. The van der Waals surface area contributed by atoms with E-state index in [0.29, 0.717) is 6.04 Å². The van der Waals surface area contributed by atoms with Gasteiger partial charge in [0.15, 0.2) is 11.5 Å². The molecule has 1 saturated heterocycles. The van der Waals surface area contributed by atoms with Crippen LogP contribution in [0.4, 0.5) is 0 Å². The molecule has 23 heavy (non-hydrogen) atoms. The molecule has 0 amide bonds. The fourth-order valence-corrected chi connectivity index (χ4v) is 3.68. The molecule has 0 spiro atoms. The number of nitrogens with zero attached hydrogens (tertiary/aromatic N) is 1. The summed E-state index contributed by atoms with van der Waals surface area (Å²) in [6, 6.07) is 4.72. The number of likely N-dealkylation sites (tertiary alicyclic amines) is 1. The Labute approximate surface area is 148 Å². The first kappa shape index (κ1) is 18.6. The summed E-state index contributed by atoms with van der Waals surface area (Å²) in [5, 5.41) is 3.60. The van der Waals surface area contributed by atoms with E-state index >= 15 is 0 Å². The minimum Gasteiger partial charge on any atom is -0.493 e. The monoisotopic (exact) mass is 384 g/mol. The first-order valence-corrected chi connectivity index (χ1v) is 9.32. The van der Waals surface area contributed by atoms with E-state index in [4.69, 9.17) is 9.47 Å². The molecule has 4 nitrogen and oxygen atoms in total. The largest absolute Gasteiger partial charge is 0.493 e. The van der Waals surface area contributed by atoms with Gasteiger partial charge in [0.2, 0.25) is 0 Å². The van der Waals surface area contributed by atoms with Gasteiger partial charge in [-0.05, 0) is 51.9 Å². The van der Waals surface area contributed by atoms with Gasteiger partial charge in [-0.1, -0.05) is 22.9 Å². The van der Waals surface area contributed by atoms with Crippen LogP contribution in [0.5, 0.6) is 11.5 Å². The van der Waals surface area contributed by atoms with Crippen molar-refractivity contribution in [2.75, 3.05) is 26.7 Å². The molecule has 2 rings (SSSR count). The molecular formula is C18H29BrN2O2. The number of hydrogen-bond acceptors (Lipinski definition) is 4.